The van der Waals surface area contributed by atoms with E-state index >= 15 is 0 Å². The molecule has 126 valence electrons. The first-order valence-electron chi connectivity index (χ1n) is 6.65. The number of benzene rings is 1. The topological polar surface area (TPSA) is 52.6 Å². The van der Waals surface area contributed by atoms with Crippen LogP contribution in [-0.4, -0.2) is 34.0 Å². The number of rotatable bonds is 8. The molecule has 0 radical (unpaired) electrons. The molecule has 1 atom stereocenters. The lowest BCUT2D eigenvalue weighted by atomic mass is 10.1. The Labute approximate surface area is 128 Å². The van der Waals surface area contributed by atoms with Crippen LogP contribution >= 0.6 is 0 Å². The molecule has 1 rings (SSSR count). The molecule has 0 heterocycles. The highest BCUT2D eigenvalue weighted by atomic mass is 32.2. The normalized spacial score (nSPS) is 13.6. The van der Waals surface area contributed by atoms with Gasteiger partial charge in [0.25, 0.3) is 0 Å². The lowest BCUT2D eigenvalue weighted by molar-refractivity contribution is -0.0523. The van der Waals surface area contributed by atoms with E-state index < -0.39 is 34.1 Å². The van der Waals surface area contributed by atoms with E-state index in [1.165, 1.54) is 7.11 Å². The maximum Gasteiger partial charge on any atom is 0.387 e. The van der Waals surface area contributed by atoms with Gasteiger partial charge in [-0.05, 0) is 24.5 Å². The molecule has 0 N–H and O–H groups in total. The predicted octanol–water partition coefficient (Wildman–Crippen LogP) is 3.26. The van der Waals surface area contributed by atoms with Gasteiger partial charge in [0.2, 0.25) is 0 Å². The summed E-state index contributed by atoms with van der Waals surface area (Å²) < 4.78 is 71.4. The molecule has 1 aromatic carbocycles. The molecule has 0 fully saturated rings. The summed E-state index contributed by atoms with van der Waals surface area (Å²) in [5.74, 6) is -1.94. The third kappa shape index (κ3) is 5.49. The second kappa shape index (κ2) is 7.82. The van der Waals surface area contributed by atoms with Gasteiger partial charge in [-0.25, -0.2) is 12.8 Å². The summed E-state index contributed by atoms with van der Waals surface area (Å²) >= 11 is 0. The van der Waals surface area contributed by atoms with Gasteiger partial charge in [-0.3, -0.25) is 0 Å². The van der Waals surface area contributed by atoms with Crippen LogP contribution in [0, 0.1) is 11.7 Å². The fourth-order valence-corrected chi connectivity index (χ4v) is 3.48. The van der Waals surface area contributed by atoms with Crippen LogP contribution in [0.1, 0.15) is 20.3 Å². The zero-order valence-electron chi connectivity index (χ0n) is 12.6. The van der Waals surface area contributed by atoms with Crippen LogP contribution in [0.25, 0.3) is 0 Å². The number of sulfone groups is 1. The van der Waals surface area contributed by atoms with Crippen molar-refractivity contribution in [3.05, 3.63) is 24.0 Å². The number of methoxy groups -OCH3 is 1. The van der Waals surface area contributed by atoms with E-state index in [1.54, 1.807) is 0 Å². The number of halogens is 3. The smallest absolute Gasteiger partial charge is 0.387 e. The van der Waals surface area contributed by atoms with Crippen molar-refractivity contribution in [1.82, 2.24) is 0 Å². The second-order valence-corrected chi connectivity index (χ2v) is 7.27. The number of hydrogen-bond acceptors (Lipinski definition) is 4. The highest BCUT2D eigenvalue weighted by Crippen LogP contribution is 2.25. The zero-order valence-corrected chi connectivity index (χ0v) is 13.4. The van der Waals surface area contributed by atoms with E-state index in [4.69, 9.17) is 4.74 Å². The molecule has 1 unspecified atom stereocenters. The van der Waals surface area contributed by atoms with Crippen LogP contribution in [0.3, 0.4) is 0 Å². The quantitative estimate of drug-likeness (QED) is 0.682. The van der Waals surface area contributed by atoms with Gasteiger partial charge in [-0.15, -0.1) is 0 Å². The van der Waals surface area contributed by atoms with Gasteiger partial charge >= 0.3 is 6.61 Å². The molecule has 0 spiro atoms. The summed E-state index contributed by atoms with van der Waals surface area (Å²) in [5.41, 5.74) is 0. The maximum atomic E-state index is 13.3. The summed E-state index contributed by atoms with van der Waals surface area (Å²) in [4.78, 5) is -0.282. The minimum Gasteiger partial charge on any atom is -0.432 e. The highest BCUT2D eigenvalue weighted by Gasteiger charge is 2.24. The Morgan fingerprint density at radius 2 is 1.86 bits per heavy atom. The summed E-state index contributed by atoms with van der Waals surface area (Å²) in [6.45, 7) is 0.607. The maximum absolute atomic E-state index is 13.3. The first-order valence-corrected chi connectivity index (χ1v) is 8.31. The van der Waals surface area contributed by atoms with Crippen molar-refractivity contribution in [1.29, 1.82) is 0 Å². The average molecular weight is 340 g/mol. The van der Waals surface area contributed by atoms with Gasteiger partial charge in [0.1, 0.15) is 0 Å². The van der Waals surface area contributed by atoms with Crippen molar-refractivity contribution in [2.45, 2.75) is 37.9 Å². The SMILES string of the molecule is COC(CC(C)C)CS(=O)(=O)c1ccc(F)c(OC(F)F)c1. The van der Waals surface area contributed by atoms with Crippen molar-refractivity contribution in [2.24, 2.45) is 5.92 Å². The van der Waals surface area contributed by atoms with Crippen LogP contribution in [-0.2, 0) is 14.6 Å². The van der Waals surface area contributed by atoms with Crippen molar-refractivity contribution < 1.29 is 31.1 Å². The monoisotopic (exact) mass is 340 g/mol. The van der Waals surface area contributed by atoms with E-state index in [1.807, 2.05) is 13.8 Å². The Morgan fingerprint density at radius 3 is 2.36 bits per heavy atom. The van der Waals surface area contributed by atoms with Crippen LogP contribution in [0.5, 0.6) is 5.75 Å². The number of hydrogen-bond donors (Lipinski definition) is 0. The molecule has 1 aromatic rings. The average Bonchev–Trinajstić information content (AvgIpc) is 2.39. The van der Waals surface area contributed by atoms with Crippen molar-refractivity contribution in [2.75, 3.05) is 12.9 Å². The second-order valence-electron chi connectivity index (χ2n) is 5.24. The lowest BCUT2D eigenvalue weighted by Gasteiger charge is -2.18. The molecule has 0 bridgehead atoms. The first-order chi connectivity index (χ1) is 10.2. The molecular weight excluding hydrogens is 321 g/mol. The van der Waals surface area contributed by atoms with E-state index in [0.717, 1.165) is 18.2 Å². The van der Waals surface area contributed by atoms with Crippen LogP contribution < -0.4 is 4.74 Å². The third-order valence-corrected chi connectivity index (χ3v) is 4.73. The summed E-state index contributed by atoms with van der Waals surface area (Å²) in [6, 6.07) is 2.57. The van der Waals surface area contributed by atoms with Crippen molar-refractivity contribution in [3.63, 3.8) is 0 Å². The van der Waals surface area contributed by atoms with E-state index in [0.29, 0.717) is 6.42 Å². The molecule has 0 aromatic heterocycles. The molecule has 0 saturated carbocycles. The minimum absolute atomic E-state index is 0.228. The van der Waals surface area contributed by atoms with Gasteiger partial charge in [0, 0.05) is 13.2 Å². The zero-order chi connectivity index (χ0) is 16.9. The number of alkyl halides is 2. The Morgan fingerprint density at radius 1 is 1.23 bits per heavy atom. The van der Waals surface area contributed by atoms with E-state index in [9.17, 15) is 21.6 Å². The van der Waals surface area contributed by atoms with E-state index in [-0.39, 0.29) is 16.6 Å². The molecule has 22 heavy (non-hydrogen) atoms. The van der Waals surface area contributed by atoms with E-state index in [2.05, 4.69) is 4.74 Å². The van der Waals surface area contributed by atoms with Crippen molar-refractivity contribution >= 4 is 9.84 Å². The third-order valence-electron chi connectivity index (χ3n) is 2.95. The minimum atomic E-state index is -3.81. The van der Waals surface area contributed by atoms with Gasteiger partial charge in [0.15, 0.2) is 21.4 Å². The van der Waals surface area contributed by atoms with Gasteiger partial charge in [-0.1, -0.05) is 13.8 Å². The molecule has 8 heteroatoms. The predicted molar refractivity (Wildman–Crippen MR) is 75.3 cm³/mol. The number of ether oxygens (including phenoxy) is 2. The molecule has 0 aliphatic heterocycles. The van der Waals surface area contributed by atoms with Gasteiger partial charge in [-0.2, -0.15) is 8.78 Å². The van der Waals surface area contributed by atoms with Crippen LogP contribution in [0.2, 0.25) is 0 Å². The Hall–Kier alpha value is -1.28. The molecule has 0 saturated heterocycles. The Bertz CT molecular complexity index is 588. The molecule has 0 aliphatic rings. The standard InChI is InChI=1S/C14H19F3O4S/c1-9(2)6-10(20-3)8-22(18,19)11-4-5-12(15)13(7-11)21-14(16)17/h4-5,7,9-10,14H,6,8H2,1-3H3. The van der Waals surface area contributed by atoms with Crippen LogP contribution in [0.4, 0.5) is 13.2 Å². The van der Waals surface area contributed by atoms with Crippen molar-refractivity contribution in [3.8, 4) is 5.75 Å². The van der Waals surface area contributed by atoms with Gasteiger partial charge < -0.3 is 9.47 Å². The largest absolute Gasteiger partial charge is 0.432 e. The fraction of sp³-hybridized carbons (Fsp3) is 0.571. The Balaban J connectivity index is 3.02. The lowest BCUT2D eigenvalue weighted by Crippen LogP contribution is -2.25. The Kier molecular flexibility index (Phi) is 6.67. The first kappa shape index (κ1) is 18.8. The summed E-state index contributed by atoms with van der Waals surface area (Å²) in [6.07, 6.45) is -0.00774. The van der Waals surface area contributed by atoms with Gasteiger partial charge in [0.05, 0.1) is 16.8 Å². The summed E-state index contributed by atoms with van der Waals surface area (Å²) in [7, 11) is -2.41. The molecule has 4 nitrogen and oxygen atoms in total. The summed E-state index contributed by atoms with van der Waals surface area (Å²) in [5, 5.41) is 0. The van der Waals surface area contributed by atoms with Crippen LogP contribution in [0.15, 0.2) is 23.1 Å². The highest BCUT2D eigenvalue weighted by molar-refractivity contribution is 7.91. The molecule has 0 aliphatic carbocycles. The fourth-order valence-electron chi connectivity index (χ4n) is 1.96. The molecule has 0 amide bonds. The molecular formula is C14H19F3O4S.